The number of rotatable bonds is 4. The number of aryl methyl sites for hydroxylation is 2. The monoisotopic (exact) mass is 257 g/mol. The second kappa shape index (κ2) is 4.68. The van der Waals surface area contributed by atoms with Crippen LogP contribution in [0.2, 0.25) is 0 Å². The molecule has 1 N–H and O–H groups in total. The van der Waals surface area contributed by atoms with Crippen molar-refractivity contribution < 1.29 is 0 Å². The Morgan fingerprint density at radius 2 is 2.11 bits per heavy atom. The first-order chi connectivity index (χ1) is 9.22. The summed E-state index contributed by atoms with van der Waals surface area (Å²) in [6.45, 7) is 2.65. The summed E-state index contributed by atoms with van der Waals surface area (Å²) in [5.41, 5.74) is 1.94. The molecule has 0 amide bonds. The molecule has 7 nitrogen and oxygen atoms in total. The number of aromatic nitrogens is 6. The lowest BCUT2D eigenvalue weighted by Crippen LogP contribution is -2.10. The maximum atomic E-state index is 4.35. The third-order valence-electron chi connectivity index (χ3n) is 2.92. The molecule has 7 heteroatoms. The van der Waals surface area contributed by atoms with Crippen LogP contribution in [0.3, 0.4) is 0 Å². The van der Waals surface area contributed by atoms with E-state index in [0.29, 0.717) is 0 Å². The van der Waals surface area contributed by atoms with Crippen LogP contribution in [0.1, 0.15) is 11.5 Å². The van der Waals surface area contributed by atoms with Crippen LogP contribution in [0.25, 0.3) is 5.65 Å². The van der Waals surface area contributed by atoms with Crippen molar-refractivity contribution in [3.8, 4) is 0 Å². The van der Waals surface area contributed by atoms with Gasteiger partial charge in [0.1, 0.15) is 11.6 Å². The van der Waals surface area contributed by atoms with Crippen molar-refractivity contribution in [3.05, 3.63) is 35.9 Å². The van der Waals surface area contributed by atoms with Gasteiger partial charge in [0.25, 0.3) is 0 Å². The lowest BCUT2D eigenvalue weighted by atomic mass is 10.3. The molecule has 0 aliphatic heterocycles. The molecule has 0 aromatic carbocycles. The van der Waals surface area contributed by atoms with Gasteiger partial charge in [-0.25, -0.2) is 4.98 Å². The smallest absolute Gasteiger partial charge is 0.176 e. The molecule has 0 bridgehead atoms. The topological polar surface area (TPSA) is 72.9 Å². The number of hydrogen-bond donors (Lipinski definition) is 1. The van der Waals surface area contributed by atoms with Gasteiger partial charge in [0.2, 0.25) is 0 Å². The van der Waals surface area contributed by atoms with Crippen molar-refractivity contribution in [2.75, 3.05) is 11.9 Å². The van der Waals surface area contributed by atoms with Crippen LogP contribution in [0.4, 0.5) is 5.82 Å². The van der Waals surface area contributed by atoms with E-state index in [2.05, 4.69) is 25.6 Å². The zero-order valence-corrected chi connectivity index (χ0v) is 10.9. The Kier molecular flexibility index (Phi) is 2.86. The molecule has 0 spiro atoms. The van der Waals surface area contributed by atoms with Gasteiger partial charge in [0, 0.05) is 31.9 Å². The van der Waals surface area contributed by atoms with E-state index in [1.54, 1.807) is 10.8 Å². The van der Waals surface area contributed by atoms with Crippen LogP contribution in [-0.4, -0.2) is 36.1 Å². The van der Waals surface area contributed by atoms with Crippen LogP contribution >= 0.6 is 0 Å². The molecule has 3 heterocycles. The fraction of sp³-hybridized carbons (Fsp3) is 0.333. The standard InChI is InChI=1S/C12H15N7/c1-9-15-12-4-3-11(17-19(12)16-9)13-7-5-10-6-8-14-18(10)2/h3-4,6,8H,5,7H2,1-2H3,(H,13,17). The fourth-order valence-electron chi connectivity index (χ4n) is 1.95. The third kappa shape index (κ3) is 2.40. The molecule has 98 valence electrons. The average Bonchev–Trinajstić information content (AvgIpc) is 2.94. The summed E-state index contributed by atoms with van der Waals surface area (Å²) in [7, 11) is 1.94. The summed E-state index contributed by atoms with van der Waals surface area (Å²) in [5.74, 6) is 1.51. The molecular weight excluding hydrogens is 242 g/mol. The van der Waals surface area contributed by atoms with Crippen LogP contribution in [0.5, 0.6) is 0 Å². The first kappa shape index (κ1) is 11.6. The van der Waals surface area contributed by atoms with Gasteiger partial charge in [-0.1, -0.05) is 0 Å². The van der Waals surface area contributed by atoms with Gasteiger partial charge in [-0.05, 0) is 25.1 Å². The van der Waals surface area contributed by atoms with Gasteiger partial charge in [-0.15, -0.1) is 14.8 Å². The minimum atomic E-state index is 0.722. The maximum absolute atomic E-state index is 4.35. The molecule has 0 radical (unpaired) electrons. The van der Waals surface area contributed by atoms with E-state index < -0.39 is 0 Å². The Balaban J connectivity index is 1.66. The van der Waals surface area contributed by atoms with Gasteiger partial charge < -0.3 is 5.32 Å². The minimum Gasteiger partial charge on any atom is -0.368 e. The minimum absolute atomic E-state index is 0.722. The van der Waals surface area contributed by atoms with E-state index in [1.807, 2.05) is 36.9 Å². The number of fused-ring (bicyclic) bond motifs is 1. The largest absolute Gasteiger partial charge is 0.368 e. The summed E-state index contributed by atoms with van der Waals surface area (Å²) < 4.78 is 3.42. The molecule has 3 aromatic rings. The molecule has 0 saturated carbocycles. The number of hydrogen-bond acceptors (Lipinski definition) is 5. The lowest BCUT2D eigenvalue weighted by molar-refractivity contribution is 0.709. The van der Waals surface area contributed by atoms with Crippen molar-refractivity contribution in [1.29, 1.82) is 0 Å². The van der Waals surface area contributed by atoms with Crippen molar-refractivity contribution in [1.82, 2.24) is 29.6 Å². The highest BCUT2D eigenvalue weighted by molar-refractivity contribution is 5.43. The summed E-state index contributed by atoms with van der Waals surface area (Å²) in [4.78, 5) is 4.24. The van der Waals surface area contributed by atoms with E-state index in [9.17, 15) is 0 Å². The second-order valence-electron chi connectivity index (χ2n) is 4.35. The van der Waals surface area contributed by atoms with Gasteiger partial charge in [0.05, 0.1) is 0 Å². The predicted molar refractivity (Wildman–Crippen MR) is 70.9 cm³/mol. The molecule has 0 aliphatic carbocycles. The number of nitrogens with one attached hydrogen (secondary N) is 1. The molecule has 0 atom stereocenters. The zero-order valence-electron chi connectivity index (χ0n) is 10.9. The van der Waals surface area contributed by atoms with Gasteiger partial charge >= 0.3 is 0 Å². The fourth-order valence-corrected chi connectivity index (χ4v) is 1.95. The first-order valence-corrected chi connectivity index (χ1v) is 6.14. The Hall–Kier alpha value is -2.44. The summed E-state index contributed by atoms with van der Waals surface area (Å²) in [6, 6.07) is 5.82. The number of nitrogens with zero attached hydrogens (tertiary/aromatic N) is 6. The Bertz CT molecular complexity index is 697. The van der Waals surface area contributed by atoms with E-state index in [0.717, 1.165) is 30.3 Å². The van der Waals surface area contributed by atoms with E-state index in [4.69, 9.17) is 0 Å². The van der Waals surface area contributed by atoms with E-state index >= 15 is 0 Å². The van der Waals surface area contributed by atoms with Crippen molar-refractivity contribution in [2.24, 2.45) is 7.05 Å². The molecule has 3 rings (SSSR count). The quantitative estimate of drug-likeness (QED) is 0.749. The maximum Gasteiger partial charge on any atom is 0.176 e. The third-order valence-corrected chi connectivity index (χ3v) is 2.92. The second-order valence-corrected chi connectivity index (χ2v) is 4.35. The molecular formula is C12H15N7. The van der Waals surface area contributed by atoms with Crippen molar-refractivity contribution >= 4 is 11.5 Å². The SMILES string of the molecule is Cc1nc2ccc(NCCc3ccnn3C)nn2n1. The summed E-state index contributed by atoms with van der Waals surface area (Å²) >= 11 is 0. The normalized spacial score (nSPS) is 11.1. The first-order valence-electron chi connectivity index (χ1n) is 6.14. The molecule has 0 aliphatic rings. The lowest BCUT2D eigenvalue weighted by Gasteiger charge is -2.05. The molecule has 0 fully saturated rings. The van der Waals surface area contributed by atoms with Crippen LogP contribution in [-0.2, 0) is 13.5 Å². The number of anilines is 1. The predicted octanol–water partition coefficient (Wildman–Crippen LogP) is 0.821. The zero-order chi connectivity index (χ0) is 13.2. The van der Waals surface area contributed by atoms with Crippen LogP contribution in [0.15, 0.2) is 24.4 Å². The summed E-state index contributed by atoms with van der Waals surface area (Å²) in [5, 5.41) is 15.9. The van der Waals surface area contributed by atoms with Crippen molar-refractivity contribution in [3.63, 3.8) is 0 Å². The Morgan fingerprint density at radius 3 is 2.89 bits per heavy atom. The molecule has 3 aromatic heterocycles. The van der Waals surface area contributed by atoms with E-state index in [1.165, 1.54) is 5.69 Å². The molecule has 19 heavy (non-hydrogen) atoms. The van der Waals surface area contributed by atoms with Crippen LogP contribution < -0.4 is 5.32 Å². The summed E-state index contributed by atoms with van der Waals surface area (Å²) in [6.07, 6.45) is 2.70. The highest BCUT2D eigenvalue weighted by Crippen LogP contribution is 2.06. The molecule has 0 saturated heterocycles. The van der Waals surface area contributed by atoms with Crippen LogP contribution in [0, 0.1) is 6.92 Å². The van der Waals surface area contributed by atoms with Gasteiger partial charge in [0.15, 0.2) is 5.65 Å². The average molecular weight is 257 g/mol. The molecule has 0 unspecified atom stereocenters. The highest BCUT2D eigenvalue weighted by atomic mass is 15.5. The van der Waals surface area contributed by atoms with Crippen molar-refractivity contribution in [2.45, 2.75) is 13.3 Å². The van der Waals surface area contributed by atoms with E-state index in [-0.39, 0.29) is 0 Å². The van der Waals surface area contributed by atoms with Gasteiger partial charge in [-0.2, -0.15) is 5.10 Å². The highest BCUT2D eigenvalue weighted by Gasteiger charge is 2.02. The Morgan fingerprint density at radius 1 is 1.21 bits per heavy atom. The Labute approximate surface area is 110 Å². The van der Waals surface area contributed by atoms with Gasteiger partial charge in [-0.3, -0.25) is 4.68 Å².